The number of Topliss-reactive ketones (excluding diaryl/α,β-unsaturated/α-hetero) is 1. The van der Waals surface area contributed by atoms with Gasteiger partial charge in [-0.2, -0.15) is 0 Å². The Labute approximate surface area is 289 Å². The summed E-state index contributed by atoms with van der Waals surface area (Å²) in [5.74, 6) is -4.11. The fraction of sp³-hybridized carbons (Fsp3) is 0.825. The van der Waals surface area contributed by atoms with Crippen molar-refractivity contribution in [1.82, 2.24) is 0 Å². The van der Waals surface area contributed by atoms with Crippen molar-refractivity contribution in [3.8, 4) is 0 Å². The quantitative estimate of drug-likeness (QED) is 0.0740. The first-order valence-corrected chi connectivity index (χ1v) is 19.2. The molecule has 0 aromatic rings. The minimum atomic E-state index is -1.93. The van der Waals surface area contributed by atoms with E-state index >= 15 is 0 Å². The number of esters is 2. The number of aliphatic hydroxyl groups excluding tert-OH is 1. The van der Waals surface area contributed by atoms with Gasteiger partial charge in [0.1, 0.15) is 11.7 Å². The van der Waals surface area contributed by atoms with E-state index in [2.05, 4.69) is 13.8 Å². The van der Waals surface area contributed by atoms with E-state index in [0.717, 1.165) is 38.5 Å². The van der Waals surface area contributed by atoms with Gasteiger partial charge in [0.25, 0.3) is 0 Å². The summed E-state index contributed by atoms with van der Waals surface area (Å²) in [6.07, 6.45) is 17.8. The minimum absolute atomic E-state index is 0.104. The molecule has 0 bridgehead atoms. The molecule has 0 heterocycles. The standard InChI is InChI=1S/C40H64O8/c1-7-9-11-13-15-17-19-21-32(42)47-36-28(4)39(46)30(24-29(26-41)25-38(45)31(39)23-27(3)35(38)44)34-37(5,6)40(34,36)48-33(43)22-20-18-16-14-12-10-8-2/h23-24,28,30-31,34,36,41,45-46H,7-22,25-26H2,1-6H3/t28-,30+,31-,34-,36-,38+,39-,40-/m1/s1. The number of ketones is 1. The Hall–Kier alpha value is -2.03. The van der Waals surface area contributed by atoms with Gasteiger partial charge in [-0.25, -0.2) is 0 Å². The molecule has 8 atom stereocenters. The lowest BCUT2D eigenvalue weighted by Crippen LogP contribution is -2.66. The van der Waals surface area contributed by atoms with E-state index in [1.54, 1.807) is 26.0 Å². The van der Waals surface area contributed by atoms with Crippen LogP contribution in [0.1, 0.15) is 151 Å². The molecule has 0 aromatic heterocycles. The van der Waals surface area contributed by atoms with Gasteiger partial charge in [-0.1, -0.05) is 124 Å². The van der Waals surface area contributed by atoms with E-state index < -0.39 is 63.7 Å². The SMILES string of the molecule is CCCCCCCCCC(=O)O[C@@H]1[C@@H](C)[C@@]2(O)[C@@H](C=C(CO)C[C@@]3(O)C(=O)C(C)=C[C@@H]23)[C@@H]2C(C)(C)[C@]12OC(=O)CCCCCCCCC. The van der Waals surface area contributed by atoms with Gasteiger partial charge in [-0.3, -0.25) is 14.4 Å². The number of hydrogen-bond acceptors (Lipinski definition) is 8. The van der Waals surface area contributed by atoms with Crippen molar-refractivity contribution in [2.24, 2.45) is 29.1 Å². The van der Waals surface area contributed by atoms with Crippen molar-refractivity contribution >= 4 is 17.7 Å². The molecule has 0 unspecified atom stereocenters. The maximum Gasteiger partial charge on any atom is 0.306 e. The van der Waals surface area contributed by atoms with E-state index in [9.17, 15) is 29.7 Å². The predicted octanol–water partition coefficient (Wildman–Crippen LogP) is 7.31. The second-order valence-electron chi connectivity index (χ2n) is 16.1. The normalized spacial score (nSPS) is 34.7. The molecule has 4 aliphatic rings. The van der Waals surface area contributed by atoms with Crippen molar-refractivity contribution in [2.75, 3.05) is 6.61 Å². The van der Waals surface area contributed by atoms with Gasteiger partial charge >= 0.3 is 11.9 Å². The van der Waals surface area contributed by atoms with Gasteiger partial charge in [0.2, 0.25) is 0 Å². The van der Waals surface area contributed by atoms with Crippen LogP contribution >= 0.6 is 0 Å². The van der Waals surface area contributed by atoms with Crippen LogP contribution in [-0.4, -0.2) is 62.6 Å². The Balaban J connectivity index is 1.62. The zero-order valence-corrected chi connectivity index (χ0v) is 30.7. The highest BCUT2D eigenvalue weighted by Gasteiger charge is 2.87. The summed E-state index contributed by atoms with van der Waals surface area (Å²) in [4.78, 5) is 40.6. The molecule has 4 aliphatic carbocycles. The van der Waals surface area contributed by atoms with Crippen LogP contribution in [0, 0.1) is 29.1 Å². The van der Waals surface area contributed by atoms with Crippen LogP contribution < -0.4 is 0 Å². The third-order valence-corrected chi connectivity index (χ3v) is 12.5. The third kappa shape index (κ3) is 7.10. The Bertz CT molecular complexity index is 1220. The van der Waals surface area contributed by atoms with Crippen LogP contribution in [0.4, 0.5) is 0 Å². The number of hydrogen-bond donors (Lipinski definition) is 3. The summed E-state index contributed by atoms with van der Waals surface area (Å²) in [6.45, 7) is 11.4. The summed E-state index contributed by atoms with van der Waals surface area (Å²) in [5.41, 5.74) is -4.71. The Morgan fingerprint density at radius 2 is 1.35 bits per heavy atom. The maximum absolute atomic E-state index is 13.6. The zero-order chi connectivity index (χ0) is 35.3. The molecule has 2 saturated carbocycles. The highest BCUT2D eigenvalue weighted by molar-refractivity contribution is 6.04. The highest BCUT2D eigenvalue weighted by atomic mass is 16.6. The van der Waals surface area contributed by atoms with Crippen molar-refractivity contribution in [3.05, 3.63) is 23.3 Å². The average Bonchev–Trinajstić information content (AvgIpc) is 3.47. The van der Waals surface area contributed by atoms with Crippen LogP contribution in [0.5, 0.6) is 0 Å². The van der Waals surface area contributed by atoms with Crippen molar-refractivity contribution in [3.63, 3.8) is 0 Å². The van der Waals surface area contributed by atoms with Crippen molar-refractivity contribution in [2.45, 2.75) is 174 Å². The van der Waals surface area contributed by atoms with Gasteiger partial charge < -0.3 is 24.8 Å². The maximum atomic E-state index is 13.6. The smallest absolute Gasteiger partial charge is 0.306 e. The molecule has 0 aromatic carbocycles. The third-order valence-electron chi connectivity index (χ3n) is 12.5. The number of aliphatic hydroxyl groups is 3. The molecule has 3 N–H and O–H groups in total. The molecule has 48 heavy (non-hydrogen) atoms. The van der Waals surface area contributed by atoms with Gasteiger partial charge in [-0.05, 0) is 30.9 Å². The summed E-state index contributed by atoms with van der Waals surface area (Å²) in [7, 11) is 0. The number of carbonyl (C=O) groups excluding carboxylic acids is 3. The molecular formula is C40H64O8. The zero-order valence-electron chi connectivity index (χ0n) is 30.7. The second-order valence-corrected chi connectivity index (χ2v) is 16.1. The second kappa shape index (κ2) is 15.9. The van der Waals surface area contributed by atoms with E-state index in [0.29, 0.717) is 24.0 Å². The van der Waals surface area contributed by atoms with E-state index in [1.165, 1.54) is 38.5 Å². The van der Waals surface area contributed by atoms with Gasteiger partial charge in [0.05, 0.1) is 12.2 Å². The first kappa shape index (κ1) is 38.8. The predicted molar refractivity (Wildman–Crippen MR) is 186 cm³/mol. The van der Waals surface area contributed by atoms with Gasteiger partial charge in [-0.15, -0.1) is 0 Å². The summed E-state index contributed by atoms with van der Waals surface area (Å²) in [6, 6.07) is 0. The molecule has 2 fully saturated rings. The largest absolute Gasteiger partial charge is 0.458 e. The topological polar surface area (TPSA) is 130 Å². The van der Waals surface area contributed by atoms with Crippen LogP contribution in [-0.2, 0) is 23.9 Å². The monoisotopic (exact) mass is 672 g/mol. The Kier molecular flexibility index (Phi) is 12.8. The molecule has 0 radical (unpaired) electrons. The minimum Gasteiger partial charge on any atom is -0.458 e. The first-order chi connectivity index (χ1) is 22.8. The fourth-order valence-electron chi connectivity index (χ4n) is 9.72. The lowest BCUT2D eigenvalue weighted by molar-refractivity contribution is -0.229. The van der Waals surface area contributed by atoms with Crippen molar-refractivity contribution in [1.29, 1.82) is 0 Å². The Morgan fingerprint density at radius 1 is 0.833 bits per heavy atom. The van der Waals surface area contributed by atoms with Crippen LogP contribution in [0.15, 0.2) is 23.3 Å². The van der Waals surface area contributed by atoms with Gasteiger partial charge in [0.15, 0.2) is 11.4 Å². The molecule has 0 aliphatic heterocycles. The number of carbonyl (C=O) groups is 3. The van der Waals surface area contributed by atoms with Crippen LogP contribution in [0.3, 0.4) is 0 Å². The average molecular weight is 673 g/mol. The van der Waals surface area contributed by atoms with Crippen molar-refractivity contribution < 1.29 is 39.2 Å². The van der Waals surface area contributed by atoms with E-state index in [-0.39, 0.29) is 31.8 Å². The van der Waals surface area contributed by atoms with Crippen LogP contribution in [0.2, 0.25) is 0 Å². The summed E-state index contributed by atoms with van der Waals surface area (Å²) >= 11 is 0. The van der Waals surface area contributed by atoms with E-state index in [4.69, 9.17) is 9.47 Å². The van der Waals surface area contributed by atoms with E-state index in [1.807, 2.05) is 13.8 Å². The first-order valence-electron chi connectivity index (χ1n) is 19.2. The molecule has 4 rings (SSSR count). The molecule has 0 spiro atoms. The molecule has 8 heteroatoms. The summed E-state index contributed by atoms with van der Waals surface area (Å²) in [5, 5.41) is 35.3. The highest BCUT2D eigenvalue weighted by Crippen LogP contribution is 2.77. The number of fused-ring (bicyclic) bond motifs is 5. The molecular weight excluding hydrogens is 608 g/mol. The lowest BCUT2D eigenvalue weighted by atomic mass is 9.59. The number of unbranched alkanes of at least 4 members (excludes halogenated alkanes) is 12. The fourth-order valence-corrected chi connectivity index (χ4v) is 9.72. The van der Waals surface area contributed by atoms with Gasteiger partial charge in [0, 0.05) is 48.3 Å². The summed E-state index contributed by atoms with van der Waals surface area (Å²) < 4.78 is 12.8. The Morgan fingerprint density at radius 3 is 1.90 bits per heavy atom. The molecule has 0 saturated heterocycles. The molecule has 272 valence electrons. The van der Waals surface area contributed by atoms with Crippen LogP contribution in [0.25, 0.3) is 0 Å². The molecule has 0 amide bonds. The lowest BCUT2D eigenvalue weighted by Gasteiger charge is -2.53. The number of ether oxygens (including phenoxy) is 2. The number of rotatable bonds is 19. The molecule has 8 nitrogen and oxygen atoms in total.